The van der Waals surface area contributed by atoms with E-state index in [9.17, 15) is 22.4 Å². The van der Waals surface area contributed by atoms with Crippen molar-refractivity contribution in [2.45, 2.75) is 12.8 Å². The number of halogens is 4. The number of aromatic amines is 1. The molecule has 12 heteroatoms. The second-order valence-electron chi connectivity index (χ2n) is 7.86. The molecule has 0 saturated heterocycles. The van der Waals surface area contributed by atoms with Crippen LogP contribution in [0.15, 0.2) is 72.9 Å². The van der Waals surface area contributed by atoms with Gasteiger partial charge in [-0.15, -0.1) is 5.10 Å². The molecule has 0 spiro atoms. The van der Waals surface area contributed by atoms with Gasteiger partial charge in [-0.3, -0.25) is 9.78 Å². The van der Waals surface area contributed by atoms with Crippen LogP contribution in [0.1, 0.15) is 21.6 Å². The molecule has 5 rings (SSSR count). The van der Waals surface area contributed by atoms with Crippen LogP contribution in [-0.4, -0.2) is 31.3 Å². The van der Waals surface area contributed by atoms with E-state index in [2.05, 4.69) is 30.7 Å². The first kappa shape index (κ1) is 23.9. The summed E-state index contributed by atoms with van der Waals surface area (Å²) in [4.78, 5) is 20.9. The van der Waals surface area contributed by atoms with Gasteiger partial charge in [0.25, 0.3) is 5.91 Å². The quantitative estimate of drug-likeness (QED) is 0.298. The topological polar surface area (TPSA) is 106 Å². The maximum atomic E-state index is 14.5. The van der Waals surface area contributed by atoms with Crippen molar-refractivity contribution in [3.63, 3.8) is 0 Å². The van der Waals surface area contributed by atoms with Crippen molar-refractivity contribution in [2.75, 3.05) is 5.32 Å². The third-order valence-electron chi connectivity index (χ3n) is 5.34. The van der Waals surface area contributed by atoms with Crippen molar-refractivity contribution in [1.29, 1.82) is 0 Å². The number of ether oxygens (including phenoxy) is 1. The highest BCUT2D eigenvalue weighted by molar-refractivity contribution is 6.05. The van der Waals surface area contributed by atoms with E-state index in [1.165, 1.54) is 24.3 Å². The number of alkyl halides is 3. The average molecular weight is 508 g/mol. The molecular weight excluding hydrogens is 492 g/mol. The lowest BCUT2D eigenvalue weighted by Gasteiger charge is -2.10. The zero-order valence-electron chi connectivity index (χ0n) is 18.8. The van der Waals surface area contributed by atoms with Crippen molar-refractivity contribution in [3.8, 4) is 17.0 Å². The maximum absolute atomic E-state index is 14.5. The van der Waals surface area contributed by atoms with E-state index in [1.54, 1.807) is 36.4 Å². The number of pyridine rings is 2. The van der Waals surface area contributed by atoms with Crippen LogP contribution in [0.25, 0.3) is 22.4 Å². The summed E-state index contributed by atoms with van der Waals surface area (Å²) >= 11 is 0. The minimum atomic E-state index is -4.46. The molecular formula is C25H16F4N6O2. The van der Waals surface area contributed by atoms with Crippen LogP contribution in [-0.2, 0) is 12.8 Å². The number of fused-ring (bicyclic) bond motifs is 1. The van der Waals surface area contributed by atoms with Gasteiger partial charge in [-0.25, -0.2) is 9.37 Å². The smallest absolute Gasteiger partial charge is 0.417 e. The zero-order chi connectivity index (χ0) is 26.0. The predicted molar refractivity (Wildman–Crippen MR) is 125 cm³/mol. The monoisotopic (exact) mass is 508 g/mol. The molecule has 1 amide bonds. The molecule has 0 fully saturated rings. The summed E-state index contributed by atoms with van der Waals surface area (Å²) in [6.45, 7) is -0.0456. The number of amides is 1. The number of carbonyl (C=O) groups is 1. The summed E-state index contributed by atoms with van der Waals surface area (Å²) in [7, 11) is 0. The van der Waals surface area contributed by atoms with Gasteiger partial charge in [-0.2, -0.15) is 23.5 Å². The lowest BCUT2D eigenvalue weighted by molar-refractivity contribution is -0.137. The number of hydrogen-bond acceptors (Lipinski definition) is 6. The number of benzene rings is 2. The van der Waals surface area contributed by atoms with Crippen LogP contribution >= 0.6 is 0 Å². The number of anilines is 1. The van der Waals surface area contributed by atoms with Crippen molar-refractivity contribution >= 4 is 22.8 Å². The zero-order valence-corrected chi connectivity index (χ0v) is 18.8. The molecule has 0 aliphatic carbocycles. The highest BCUT2D eigenvalue weighted by atomic mass is 19.4. The first-order chi connectivity index (χ1) is 17.8. The summed E-state index contributed by atoms with van der Waals surface area (Å²) < 4.78 is 57.9. The summed E-state index contributed by atoms with van der Waals surface area (Å²) in [5.74, 6) is -0.959. The predicted octanol–water partition coefficient (Wildman–Crippen LogP) is 5.40. The fourth-order valence-corrected chi connectivity index (χ4v) is 3.42. The largest absolute Gasteiger partial charge is 0.487 e. The molecule has 3 heterocycles. The molecule has 0 radical (unpaired) electrons. The van der Waals surface area contributed by atoms with Crippen LogP contribution in [0, 0.1) is 5.82 Å². The third kappa shape index (κ3) is 5.37. The summed E-state index contributed by atoms with van der Waals surface area (Å²) in [5, 5.41) is 13.0. The van der Waals surface area contributed by atoms with Crippen molar-refractivity contribution in [2.24, 2.45) is 0 Å². The van der Waals surface area contributed by atoms with Crippen LogP contribution in [0.4, 0.5) is 23.2 Å². The molecule has 0 unspecified atom stereocenters. The van der Waals surface area contributed by atoms with E-state index in [1.807, 2.05) is 0 Å². The molecule has 0 atom stereocenters. The average Bonchev–Trinajstić information content (AvgIpc) is 3.36. The van der Waals surface area contributed by atoms with E-state index in [-0.39, 0.29) is 12.2 Å². The molecule has 2 aromatic carbocycles. The first-order valence-electron chi connectivity index (χ1n) is 10.8. The Morgan fingerprint density at radius 3 is 2.51 bits per heavy atom. The first-order valence-corrected chi connectivity index (χ1v) is 10.8. The number of carbonyl (C=O) groups excluding carboxylic acids is 1. The Morgan fingerprint density at radius 1 is 0.973 bits per heavy atom. The van der Waals surface area contributed by atoms with E-state index in [4.69, 9.17) is 4.74 Å². The second kappa shape index (κ2) is 9.64. The summed E-state index contributed by atoms with van der Waals surface area (Å²) in [6.07, 6.45) is -3.71. The number of aromatic nitrogens is 5. The highest BCUT2D eigenvalue weighted by Gasteiger charge is 2.30. The molecule has 0 bridgehead atoms. The fraction of sp³-hybridized carbons (Fsp3) is 0.0800. The Hall–Kier alpha value is -4.87. The fourth-order valence-electron chi connectivity index (χ4n) is 3.42. The lowest BCUT2D eigenvalue weighted by atomic mass is 10.1. The molecule has 186 valence electrons. The second-order valence-corrected chi connectivity index (χ2v) is 7.86. The van der Waals surface area contributed by atoms with E-state index >= 15 is 0 Å². The van der Waals surface area contributed by atoms with Crippen LogP contribution in [0.3, 0.4) is 0 Å². The van der Waals surface area contributed by atoms with Gasteiger partial charge in [-0.05, 0) is 66.7 Å². The Labute approximate surface area is 206 Å². The van der Waals surface area contributed by atoms with Crippen LogP contribution < -0.4 is 10.1 Å². The number of H-pyrrole nitrogens is 1. The highest BCUT2D eigenvalue weighted by Crippen LogP contribution is 2.28. The Kier molecular flexibility index (Phi) is 6.22. The normalized spacial score (nSPS) is 11.5. The molecule has 5 aromatic rings. The SMILES string of the molecule is O=C(Nc1ccc(OCc2ccc(C(F)(F)F)cn2)cc1)c1cc(-c2ccc3n[nH]nc3n2)ccc1F. The Bertz CT molecular complexity index is 1570. The van der Waals surface area contributed by atoms with Crippen molar-refractivity contribution in [3.05, 3.63) is 95.6 Å². The van der Waals surface area contributed by atoms with E-state index < -0.39 is 23.5 Å². The van der Waals surface area contributed by atoms with Gasteiger partial charge in [-0.1, -0.05) is 0 Å². The summed E-state index contributed by atoms with van der Waals surface area (Å²) in [6, 6.07) is 15.9. The van der Waals surface area contributed by atoms with Gasteiger partial charge < -0.3 is 10.1 Å². The van der Waals surface area contributed by atoms with Crippen molar-refractivity contribution < 1.29 is 27.1 Å². The van der Waals surface area contributed by atoms with Crippen molar-refractivity contribution in [1.82, 2.24) is 25.4 Å². The van der Waals surface area contributed by atoms with Crippen LogP contribution in [0.5, 0.6) is 5.75 Å². The van der Waals surface area contributed by atoms with E-state index in [0.29, 0.717) is 39.6 Å². The maximum Gasteiger partial charge on any atom is 0.417 e. The van der Waals surface area contributed by atoms with Gasteiger partial charge in [0.2, 0.25) is 5.65 Å². The number of nitrogens with zero attached hydrogens (tertiary/aromatic N) is 4. The molecule has 37 heavy (non-hydrogen) atoms. The molecule has 0 saturated carbocycles. The van der Waals surface area contributed by atoms with Gasteiger partial charge in [0, 0.05) is 17.4 Å². The van der Waals surface area contributed by atoms with Gasteiger partial charge >= 0.3 is 6.18 Å². The molecule has 0 aliphatic rings. The summed E-state index contributed by atoms with van der Waals surface area (Å²) in [5.41, 5.74) is 1.68. The van der Waals surface area contributed by atoms with Crippen LogP contribution in [0.2, 0.25) is 0 Å². The Morgan fingerprint density at radius 2 is 1.78 bits per heavy atom. The molecule has 8 nitrogen and oxygen atoms in total. The molecule has 0 aliphatic heterocycles. The number of nitrogens with one attached hydrogen (secondary N) is 2. The minimum Gasteiger partial charge on any atom is -0.487 e. The molecule has 3 aromatic heterocycles. The number of rotatable bonds is 6. The Balaban J connectivity index is 1.24. The standard InChI is InChI=1S/C25H16F4N6O2/c26-20-8-1-14(21-9-10-22-23(32-21)34-35-33-22)11-19(20)24(36)31-16-4-6-18(7-5-16)37-13-17-3-2-15(12-30-17)25(27,28)29/h1-12H,13H2,(H,31,36)(H,32,33,34,35). The van der Waals surface area contributed by atoms with Gasteiger partial charge in [0.15, 0.2) is 0 Å². The number of hydrogen-bond donors (Lipinski definition) is 2. The molecule has 2 N–H and O–H groups in total. The van der Waals surface area contributed by atoms with E-state index in [0.717, 1.165) is 12.3 Å². The van der Waals surface area contributed by atoms with Gasteiger partial charge in [0.1, 0.15) is 23.7 Å². The van der Waals surface area contributed by atoms with Gasteiger partial charge in [0.05, 0.1) is 22.5 Å². The minimum absolute atomic E-state index is 0.0456. The third-order valence-corrected chi connectivity index (χ3v) is 5.34. The lowest BCUT2D eigenvalue weighted by Crippen LogP contribution is -2.14.